The number of sulfone groups is 1. The van der Waals surface area contributed by atoms with Crippen LogP contribution in [-0.4, -0.2) is 39.8 Å². The van der Waals surface area contributed by atoms with Crippen molar-refractivity contribution in [1.82, 2.24) is 10.6 Å². The fourth-order valence-electron chi connectivity index (χ4n) is 3.10. The van der Waals surface area contributed by atoms with E-state index in [9.17, 15) is 8.42 Å². The van der Waals surface area contributed by atoms with Crippen LogP contribution in [0.3, 0.4) is 0 Å². The van der Waals surface area contributed by atoms with Crippen molar-refractivity contribution in [3.05, 3.63) is 30.3 Å². The van der Waals surface area contributed by atoms with E-state index in [1.807, 2.05) is 13.0 Å². The van der Waals surface area contributed by atoms with Crippen molar-refractivity contribution in [3.63, 3.8) is 0 Å². The van der Waals surface area contributed by atoms with E-state index in [2.05, 4.69) is 17.6 Å². The molecule has 6 heteroatoms. The van der Waals surface area contributed by atoms with Crippen molar-refractivity contribution in [2.75, 3.05) is 25.4 Å². The molecule has 1 aliphatic carbocycles. The average molecular weight is 366 g/mol. The molecule has 1 aromatic rings. The Labute approximate surface area is 152 Å². The Balaban J connectivity index is 1.81. The number of hydrogen-bond donors (Lipinski definition) is 2. The first-order valence-electron chi connectivity index (χ1n) is 9.31. The van der Waals surface area contributed by atoms with Gasteiger partial charge in [-0.25, -0.2) is 8.42 Å². The molecule has 0 radical (unpaired) electrons. The van der Waals surface area contributed by atoms with Gasteiger partial charge >= 0.3 is 0 Å². The molecule has 0 aromatic heterocycles. The van der Waals surface area contributed by atoms with Crippen LogP contribution in [0.1, 0.15) is 46.0 Å². The monoisotopic (exact) mass is 365 g/mol. The van der Waals surface area contributed by atoms with E-state index in [0.29, 0.717) is 23.3 Å². The smallest absolute Gasteiger partial charge is 0.191 e. The van der Waals surface area contributed by atoms with Crippen LogP contribution in [-0.2, 0) is 9.84 Å². The van der Waals surface area contributed by atoms with Gasteiger partial charge in [0.15, 0.2) is 15.8 Å². The highest BCUT2D eigenvalue weighted by molar-refractivity contribution is 7.91. The van der Waals surface area contributed by atoms with Gasteiger partial charge in [-0.15, -0.1) is 0 Å². The van der Waals surface area contributed by atoms with Gasteiger partial charge in [-0.1, -0.05) is 31.5 Å². The van der Waals surface area contributed by atoms with Crippen LogP contribution in [0.5, 0.6) is 0 Å². The fourth-order valence-corrected chi connectivity index (χ4v) is 4.44. The van der Waals surface area contributed by atoms with Gasteiger partial charge in [0.2, 0.25) is 0 Å². The second-order valence-electron chi connectivity index (χ2n) is 6.81. The zero-order valence-corrected chi connectivity index (χ0v) is 16.2. The average Bonchev–Trinajstić information content (AvgIpc) is 2.58. The van der Waals surface area contributed by atoms with Gasteiger partial charge in [-0.3, -0.25) is 4.99 Å². The minimum absolute atomic E-state index is 0.141. The van der Waals surface area contributed by atoms with Crippen LogP contribution in [0.2, 0.25) is 0 Å². The summed E-state index contributed by atoms with van der Waals surface area (Å²) >= 11 is 0. The lowest BCUT2D eigenvalue weighted by Crippen LogP contribution is -2.40. The summed E-state index contributed by atoms with van der Waals surface area (Å²) in [7, 11) is -3.21. The van der Waals surface area contributed by atoms with Crippen LogP contribution >= 0.6 is 0 Å². The molecular weight excluding hydrogens is 334 g/mol. The summed E-state index contributed by atoms with van der Waals surface area (Å²) in [4.78, 5) is 5.11. The molecule has 2 N–H and O–H groups in total. The molecule has 0 heterocycles. The Hall–Kier alpha value is -1.56. The second-order valence-corrected chi connectivity index (χ2v) is 8.92. The third-order valence-electron chi connectivity index (χ3n) is 5.07. The van der Waals surface area contributed by atoms with Gasteiger partial charge in [0.25, 0.3) is 0 Å². The van der Waals surface area contributed by atoms with Gasteiger partial charge in [-0.2, -0.15) is 0 Å². The molecule has 140 valence electrons. The quantitative estimate of drug-likeness (QED) is 0.401. The lowest BCUT2D eigenvalue weighted by atomic mass is 9.67. The first-order chi connectivity index (χ1) is 12.0. The fraction of sp³-hybridized carbons (Fsp3) is 0.632. The predicted molar refractivity (Wildman–Crippen MR) is 104 cm³/mol. The molecule has 5 nitrogen and oxygen atoms in total. The zero-order chi connectivity index (χ0) is 18.2. The number of guanidine groups is 1. The molecular formula is C19H31N3O2S. The second kappa shape index (κ2) is 9.22. The highest BCUT2D eigenvalue weighted by Crippen LogP contribution is 2.43. The first kappa shape index (κ1) is 19.8. The number of nitrogens with one attached hydrogen (secondary N) is 2. The Morgan fingerprint density at radius 2 is 1.88 bits per heavy atom. The maximum absolute atomic E-state index is 12.3. The van der Waals surface area contributed by atoms with Crippen LogP contribution < -0.4 is 10.6 Å². The highest BCUT2D eigenvalue weighted by atomic mass is 32.2. The molecule has 0 amide bonds. The molecule has 2 rings (SSSR count). The minimum atomic E-state index is -3.21. The van der Waals surface area contributed by atoms with Crippen molar-refractivity contribution in [2.45, 2.75) is 50.8 Å². The van der Waals surface area contributed by atoms with E-state index in [1.54, 1.807) is 24.3 Å². The summed E-state index contributed by atoms with van der Waals surface area (Å²) < 4.78 is 24.5. The number of benzene rings is 1. The summed E-state index contributed by atoms with van der Waals surface area (Å²) in [6.07, 6.45) is 5.57. The largest absolute Gasteiger partial charge is 0.357 e. The molecule has 0 bridgehead atoms. The maximum atomic E-state index is 12.3. The Bertz CT molecular complexity index is 647. The van der Waals surface area contributed by atoms with Crippen LogP contribution in [0.15, 0.2) is 40.2 Å². The van der Waals surface area contributed by atoms with Crippen molar-refractivity contribution in [1.29, 1.82) is 0 Å². The molecule has 0 aliphatic heterocycles. The number of nitrogens with zero attached hydrogens (tertiary/aromatic N) is 1. The van der Waals surface area contributed by atoms with Crippen molar-refractivity contribution in [2.24, 2.45) is 10.4 Å². The van der Waals surface area contributed by atoms with Crippen LogP contribution in [0, 0.1) is 5.41 Å². The third kappa shape index (κ3) is 5.73. The molecule has 0 unspecified atom stereocenters. The molecule has 1 fully saturated rings. The minimum Gasteiger partial charge on any atom is -0.357 e. The van der Waals surface area contributed by atoms with E-state index in [4.69, 9.17) is 4.99 Å². The predicted octanol–water partition coefficient (Wildman–Crippen LogP) is 2.99. The Kier molecular flexibility index (Phi) is 7.29. The van der Waals surface area contributed by atoms with Gasteiger partial charge in [0, 0.05) is 19.6 Å². The number of hydrogen-bond acceptors (Lipinski definition) is 3. The number of rotatable bonds is 9. The zero-order valence-electron chi connectivity index (χ0n) is 15.4. The molecule has 1 aromatic carbocycles. The van der Waals surface area contributed by atoms with Crippen molar-refractivity contribution >= 4 is 15.8 Å². The molecule has 1 saturated carbocycles. The van der Waals surface area contributed by atoms with Gasteiger partial charge in [0.1, 0.15) is 0 Å². The van der Waals surface area contributed by atoms with E-state index in [0.717, 1.165) is 19.0 Å². The molecule has 25 heavy (non-hydrogen) atoms. The lowest BCUT2D eigenvalue weighted by Gasteiger charge is -2.40. The topological polar surface area (TPSA) is 70.6 Å². The highest BCUT2D eigenvalue weighted by Gasteiger charge is 2.34. The molecule has 0 atom stereocenters. The number of aliphatic imine (C=N–C) groups is 1. The van der Waals surface area contributed by atoms with Crippen molar-refractivity contribution < 1.29 is 8.42 Å². The van der Waals surface area contributed by atoms with E-state index >= 15 is 0 Å². The van der Waals surface area contributed by atoms with Gasteiger partial charge in [-0.05, 0) is 50.2 Å². The van der Waals surface area contributed by atoms with E-state index < -0.39 is 9.84 Å². The summed E-state index contributed by atoms with van der Waals surface area (Å²) in [6, 6.07) is 8.63. The normalized spacial score (nSPS) is 17.0. The summed E-state index contributed by atoms with van der Waals surface area (Å²) in [5.74, 6) is 0.932. The van der Waals surface area contributed by atoms with Gasteiger partial charge < -0.3 is 10.6 Å². The summed E-state index contributed by atoms with van der Waals surface area (Å²) in [6.45, 7) is 6.52. The summed E-state index contributed by atoms with van der Waals surface area (Å²) in [5.41, 5.74) is 0.388. The standard InChI is InChI=1S/C19H31N3O2S/c1-3-19(12-8-13-19)16-22-18(20-4-2)21-14-9-15-25(23,24)17-10-6-5-7-11-17/h5-7,10-11H,3-4,8-9,12-16H2,1-2H3,(H2,20,21,22). The Morgan fingerprint density at radius 1 is 1.16 bits per heavy atom. The first-order valence-corrected chi connectivity index (χ1v) is 11.0. The molecule has 0 saturated heterocycles. The Morgan fingerprint density at radius 3 is 2.44 bits per heavy atom. The van der Waals surface area contributed by atoms with Crippen LogP contribution in [0.4, 0.5) is 0 Å². The van der Waals surface area contributed by atoms with Crippen LogP contribution in [0.25, 0.3) is 0 Å². The molecule has 1 aliphatic rings. The summed E-state index contributed by atoms with van der Waals surface area (Å²) in [5, 5.41) is 6.51. The van der Waals surface area contributed by atoms with E-state index in [1.165, 1.54) is 25.7 Å². The van der Waals surface area contributed by atoms with Gasteiger partial charge in [0.05, 0.1) is 10.6 Å². The SMILES string of the molecule is CCNC(=NCC1(CC)CCC1)NCCCS(=O)(=O)c1ccccc1. The lowest BCUT2D eigenvalue weighted by molar-refractivity contribution is 0.139. The van der Waals surface area contributed by atoms with Crippen molar-refractivity contribution in [3.8, 4) is 0 Å². The molecule has 0 spiro atoms. The maximum Gasteiger partial charge on any atom is 0.191 e. The third-order valence-corrected chi connectivity index (χ3v) is 6.88. The van der Waals surface area contributed by atoms with E-state index in [-0.39, 0.29) is 5.75 Å².